The molecule has 0 amide bonds. The molecule has 3 nitrogen and oxygen atoms in total. The van der Waals surface area contributed by atoms with Crippen molar-refractivity contribution in [3.05, 3.63) is 11.6 Å². The van der Waals surface area contributed by atoms with Crippen molar-refractivity contribution < 1.29 is 10.2 Å². The first kappa shape index (κ1) is 18.7. The van der Waals surface area contributed by atoms with Gasteiger partial charge in [-0.05, 0) is 46.9 Å². The van der Waals surface area contributed by atoms with Gasteiger partial charge in [0.25, 0.3) is 0 Å². The Morgan fingerprint density at radius 3 is 2.00 bits per heavy atom. The van der Waals surface area contributed by atoms with Gasteiger partial charge in [-0.1, -0.05) is 37.5 Å². The normalized spacial score (nSPS) is 12.6. The van der Waals surface area contributed by atoms with Crippen LogP contribution in [0.1, 0.15) is 41.5 Å². The summed E-state index contributed by atoms with van der Waals surface area (Å²) in [6, 6.07) is 0. The number of rotatable bonds is 4. The van der Waals surface area contributed by atoms with Crippen LogP contribution in [0.5, 0.6) is 0 Å². The molecule has 0 atom stereocenters. The monoisotopic (exact) mass is 277 g/mol. The van der Waals surface area contributed by atoms with E-state index in [0.717, 1.165) is 13.1 Å². The van der Waals surface area contributed by atoms with Crippen LogP contribution in [0.2, 0.25) is 0 Å². The topological polar surface area (TPSA) is 43.7 Å². The van der Waals surface area contributed by atoms with Gasteiger partial charge < -0.3 is 10.2 Å². The molecule has 0 aliphatic carbocycles. The maximum atomic E-state index is 9.83. The Morgan fingerprint density at radius 1 is 1.05 bits per heavy atom. The minimum absolute atomic E-state index is 0.534. The second-order valence-electron chi connectivity index (χ2n) is 5.78. The van der Waals surface area contributed by atoms with Crippen molar-refractivity contribution in [2.75, 3.05) is 19.6 Å². The third kappa shape index (κ3) is 10.6. The summed E-state index contributed by atoms with van der Waals surface area (Å²) < 4.78 is 0. The van der Waals surface area contributed by atoms with Crippen LogP contribution < -0.4 is 0 Å². The molecule has 0 saturated heterocycles. The molecule has 0 spiro atoms. The Kier molecular flexibility index (Phi) is 7.61. The second-order valence-corrected chi connectivity index (χ2v) is 5.78. The molecule has 0 aromatic heterocycles. The second kappa shape index (κ2) is 8.12. The van der Waals surface area contributed by atoms with Gasteiger partial charge in [-0.25, -0.2) is 0 Å². The molecular weight excluding hydrogens is 250 g/mol. The zero-order valence-electron chi connectivity index (χ0n) is 13.5. The van der Waals surface area contributed by atoms with Gasteiger partial charge in [-0.15, -0.1) is 0 Å². The van der Waals surface area contributed by atoms with Gasteiger partial charge in [-0.3, -0.25) is 4.90 Å². The molecule has 0 bridgehead atoms. The Balaban J connectivity index is 5.12. The van der Waals surface area contributed by atoms with Crippen LogP contribution in [0.25, 0.3) is 0 Å². The fourth-order valence-electron chi connectivity index (χ4n) is 1.37. The van der Waals surface area contributed by atoms with E-state index < -0.39 is 11.2 Å². The van der Waals surface area contributed by atoms with Gasteiger partial charge in [-0.2, -0.15) is 0 Å². The van der Waals surface area contributed by atoms with E-state index in [1.54, 1.807) is 33.8 Å². The Hall–Kier alpha value is -1.26. The highest BCUT2D eigenvalue weighted by Gasteiger charge is 2.10. The molecule has 3 heteroatoms. The highest BCUT2D eigenvalue weighted by atomic mass is 16.3. The highest BCUT2D eigenvalue weighted by Crippen LogP contribution is 2.07. The quantitative estimate of drug-likeness (QED) is 0.770. The van der Waals surface area contributed by atoms with E-state index in [1.165, 1.54) is 0 Å². The number of aliphatic hydroxyl groups is 2. The Labute approximate surface area is 123 Å². The summed E-state index contributed by atoms with van der Waals surface area (Å²) in [5.41, 5.74) is -1.51. The van der Waals surface area contributed by atoms with Crippen LogP contribution in [-0.2, 0) is 0 Å². The highest BCUT2D eigenvalue weighted by molar-refractivity contribution is 5.46. The summed E-state index contributed by atoms with van der Waals surface area (Å²) in [6.07, 6.45) is 1.61. The average Bonchev–Trinajstić information content (AvgIpc) is 2.28. The summed E-state index contributed by atoms with van der Waals surface area (Å²) >= 11 is 0. The van der Waals surface area contributed by atoms with E-state index in [2.05, 4.69) is 42.4 Å². The van der Waals surface area contributed by atoms with Crippen LogP contribution in [0.3, 0.4) is 0 Å². The van der Waals surface area contributed by atoms with Gasteiger partial charge in [0.1, 0.15) is 5.60 Å². The molecule has 20 heavy (non-hydrogen) atoms. The predicted octanol–water partition coefficient (Wildman–Crippen LogP) is 1.80. The Morgan fingerprint density at radius 2 is 1.60 bits per heavy atom. The predicted molar refractivity (Wildman–Crippen MR) is 84.0 cm³/mol. The molecule has 0 fully saturated rings. The molecule has 0 rings (SSSR count). The van der Waals surface area contributed by atoms with Gasteiger partial charge in [0.05, 0.1) is 17.7 Å². The fourth-order valence-corrected chi connectivity index (χ4v) is 1.37. The molecule has 2 N–H and O–H groups in total. The lowest BCUT2D eigenvalue weighted by atomic mass is 10.0. The SMILES string of the molecule is CCN(CC)CC#C/C(C#CC(C)(C)O)=C/C(C)(C)O. The summed E-state index contributed by atoms with van der Waals surface area (Å²) in [6.45, 7) is 13.3. The molecule has 0 heterocycles. The first-order valence-electron chi connectivity index (χ1n) is 6.99. The zero-order chi connectivity index (χ0) is 15.8. The minimum atomic E-state index is -1.07. The Bertz CT molecular complexity index is 438. The van der Waals surface area contributed by atoms with Crippen molar-refractivity contribution in [3.8, 4) is 23.7 Å². The van der Waals surface area contributed by atoms with Crippen molar-refractivity contribution in [1.29, 1.82) is 0 Å². The van der Waals surface area contributed by atoms with E-state index in [4.69, 9.17) is 0 Å². The molecule has 0 aromatic carbocycles. The van der Waals surface area contributed by atoms with E-state index in [1.807, 2.05) is 0 Å². The molecule has 0 aromatic rings. The van der Waals surface area contributed by atoms with Crippen molar-refractivity contribution in [2.24, 2.45) is 0 Å². The fraction of sp³-hybridized carbons (Fsp3) is 0.647. The summed E-state index contributed by atoms with van der Waals surface area (Å²) in [5.74, 6) is 11.6. The van der Waals surface area contributed by atoms with Crippen molar-refractivity contribution in [3.63, 3.8) is 0 Å². The van der Waals surface area contributed by atoms with Crippen LogP contribution in [0, 0.1) is 23.7 Å². The standard InChI is InChI=1S/C17H27NO2/c1-7-18(8-2)13-9-10-15(14-17(5,6)20)11-12-16(3,4)19/h14,19-20H,7-8,13H2,1-6H3/b15-14-. The van der Waals surface area contributed by atoms with E-state index in [0.29, 0.717) is 12.1 Å². The molecule has 0 aliphatic heterocycles. The first-order chi connectivity index (χ1) is 9.07. The van der Waals surface area contributed by atoms with Gasteiger partial charge in [0, 0.05) is 0 Å². The van der Waals surface area contributed by atoms with Crippen molar-refractivity contribution in [2.45, 2.75) is 52.7 Å². The molecule has 0 aliphatic rings. The number of nitrogens with zero attached hydrogens (tertiary/aromatic N) is 1. The molecule has 0 radical (unpaired) electrons. The van der Waals surface area contributed by atoms with Crippen LogP contribution in [0.4, 0.5) is 0 Å². The van der Waals surface area contributed by atoms with Crippen LogP contribution >= 0.6 is 0 Å². The van der Waals surface area contributed by atoms with Crippen molar-refractivity contribution >= 4 is 0 Å². The molecular formula is C17H27NO2. The van der Waals surface area contributed by atoms with Gasteiger partial charge in [0.2, 0.25) is 0 Å². The maximum Gasteiger partial charge on any atom is 0.120 e. The molecule has 0 saturated carbocycles. The van der Waals surface area contributed by atoms with Crippen molar-refractivity contribution in [1.82, 2.24) is 4.90 Å². The lowest BCUT2D eigenvalue weighted by Gasteiger charge is -2.13. The lowest BCUT2D eigenvalue weighted by molar-refractivity contribution is 0.132. The van der Waals surface area contributed by atoms with Gasteiger partial charge in [0.15, 0.2) is 0 Å². The number of allylic oxidation sites excluding steroid dienone is 1. The third-order valence-corrected chi connectivity index (χ3v) is 2.42. The summed E-state index contributed by atoms with van der Waals surface area (Å²) in [4.78, 5) is 2.19. The molecule has 0 unspecified atom stereocenters. The van der Waals surface area contributed by atoms with Gasteiger partial charge >= 0.3 is 0 Å². The number of hydrogen-bond donors (Lipinski definition) is 2. The minimum Gasteiger partial charge on any atom is -0.386 e. The smallest absolute Gasteiger partial charge is 0.120 e. The average molecular weight is 277 g/mol. The van der Waals surface area contributed by atoms with E-state index in [-0.39, 0.29) is 0 Å². The first-order valence-corrected chi connectivity index (χ1v) is 6.99. The summed E-state index contributed by atoms with van der Waals surface area (Å²) in [7, 11) is 0. The largest absolute Gasteiger partial charge is 0.386 e. The third-order valence-electron chi connectivity index (χ3n) is 2.42. The lowest BCUT2D eigenvalue weighted by Crippen LogP contribution is -2.22. The molecule has 112 valence electrons. The van der Waals surface area contributed by atoms with Crippen LogP contribution in [-0.4, -0.2) is 45.9 Å². The van der Waals surface area contributed by atoms with E-state index >= 15 is 0 Å². The van der Waals surface area contributed by atoms with E-state index in [9.17, 15) is 10.2 Å². The number of hydrogen-bond acceptors (Lipinski definition) is 3. The maximum absolute atomic E-state index is 9.83. The zero-order valence-corrected chi connectivity index (χ0v) is 13.5. The summed E-state index contributed by atoms with van der Waals surface area (Å²) in [5, 5.41) is 19.5. The van der Waals surface area contributed by atoms with Crippen LogP contribution in [0.15, 0.2) is 11.6 Å².